The molecular weight excluding hydrogens is 350 g/mol. The first-order valence-corrected chi connectivity index (χ1v) is 9.46. The second kappa shape index (κ2) is 9.97. The minimum Gasteiger partial charge on any atom is -0.493 e. The number of hydrogen-bond acceptors (Lipinski definition) is 5. The van der Waals surface area contributed by atoms with E-state index >= 15 is 0 Å². The Morgan fingerprint density at radius 1 is 1.04 bits per heavy atom. The van der Waals surface area contributed by atoms with Crippen molar-refractivity contribution in [1.29, 1.82) is 0 Å². The van der Waals surface area contributed by atoms with E-state index < -0.39 is 0 Å². The predicted octanol–water partition coefficient (Wildman–Crippen LogP) is 3.68. The van der Waals surface area contributed by atoms with Gasteiger partial charge >= 0.3 is 0 Å². The van der Waals surface area contributed by atoms with E-state index in [-0.39, 0.29) is 5.91 Å². The van der Waals surface area contributed by atoms with Crippen molar-refractivity contribution in [2.45, 2.75) is 12.7 Å². The fourth-order valence-electron chi connectivity index (χ4n) is 2.51. The maximum Gasteiger partial charge on any atom is 0.251 e. The zero-order chi connectivity index (χ0) is 18.9. The van der Waals surface area contributed by atoms with Crippen molar-refractivity contribution >= 4 is 17.7 Å². The molecule has 0 aromatic heterocycles. The normalized spacial score (nSPS) is 10.3. The molecule has 0 unspecified atom stereocenters. The highest BCUT2D eigenvalue weighted by Gasteiger charge is 2.16. The lowest BCUT2D eigenvalue weighted by atomic mass is 10.1. The molecule has 0 aliphatic carbocycles. The van der Waals surface area contributed by atoms with E-state index in [0.717, 1.165) is 11.5 Å². The lowest BCUT2D eigenvalue weighted by Gasteiger charge is -2.14. The summed E-state index contributed by atoms with van der Waals surface area (Å²) in [6, 6.07) is 11.6. The Labute approximate surface area is 159 Å². The van der Waals surface area contributed by atoms with Gasteiger partial charge in [-0.1, -0.05) is 24.3 Å². The van der Waals surface area contributed by atoms with Gasteiger partial charge in [-0.15, -0.1) is 0 Å². The van der Waals surface area contributed by atoms with E-state index in [1.165, 1.54) is 32.5 Å². The number of amides is 1. The molecule has 1 N–H and O–H groups in total. The highest BCUT2D eigenvalue weighted by Crippen LogP contribution is 2.38. The Kier molecular flexibility index (Phi) is 7.66. The van der Waals surface area contributed by atoms with Crippen LogP contribution in [0.15, 0.2) is 36.4 Å². The van der Waals surface area contributed by atoms with Crippen LogP contribution in [0.2, 0.25) is 0 Å². The number of methoxy groups -OCH3 is 3. The van der Waals surface area contributed by atoms with Crippen LogP contribution in [-0.4, -0.2) is 39.5 Å². The highest BCUT2D eigenvalue weighted by atomic mass is 32.2. The SMILES string of the molecule is COc1cc(C(=O)NCCSCc2ccccc2C)cc(OC)c1OC. The third-order valence-corrected chi connectivity index (χ3v) is 4.99. The average molecular weight is 375 g/mol. The molecule has 0 aliphatic heterocycles. The summed E-state index contributed by atoms with van der Waals surface area (Å²) >= 11 is 1.79. The molecule has 6 heteroatoms. The molecule has 0 saturated carbocycles. The Balaban J connectivity index is 1.89. The molecule has 5 nitrogen and oxygen atoms in total. The highest BCUT2D eigenvalue weighted by molar-refractivity contribution is 7.98. The molecule has 0 heterocycles. The van der Waals surface area contributed by atoms with E-state index in [9.17, 15) is 4.79 Å². The van der Waals surface area contributed by atoms with Gasteiger partial charge in [-0.3, -0.25) is 4.79 Å². The summed E-state index contributed by atoms with van der Waals surface area (Å²) in [5, 5.41) is 2.93. The Morgan fingerprint density at radius 3 is 2.27 bits per heavy atom. The molecule has 0 radical (unpaired) electrons. The summed E-state index contributed by atoms with van der Waals surface area (Å²) in [5.41, 5.74) is 3.10. The van der Waals surface area contributed by atoms with Gasteiger partial charge in [-0.25, -0.2) is 0 Å². The smallest absolute Gasteiger partial charge is 0.251 e. The van der Waals surface area contributed by atoms with Crippen molar-refractivity contribution in [3.8, 4) is 17.2 Å². The summed E-state index contributed by atoms with van der Waals surface area (Å²) in [5.74, 6) is 3.01. The zero-order valence-electron chi connectivity index (χ0n) is 15.6. The van der Waals surface area contributed by atoms with Crippen LogP contribution in [0.3, 0.4) is 0 Å². The third-order valence-electron chi connectivity index (χ3n) is 3.98. The minimum absolute atomic E-state index is 0.166. The quantitative estimate of drug-likeness (QED) is 0.678. The van der Waals surface area contributed by atoms with Crippen LogP contribution < -0.4 is 19.5 Å². The first kappa shape index (κ1) is 20.0. The van der Waals surface area contributed by atoms with E-state index in [1.807, 2.05) is 6.07 Å². The van der Waals surface area contributed by atoms with Crippen molar-refractivity contribution in [1.82, 2.24) is 5.32 Å². The summed E-state index contributed by atoms with van der Waals surface area (Å²) in [4.78, 5) is 12.4. The van der Waals surface area contributed by atoms with Crippen molar-refractivity contribution in [2.75, 3.05) is 33.6 Å². The number of carbonyl (C=O) groups excluding carboxylic acids is 1. The largest absolute Gasteiger partial charge is 0.493 e. The Bertz CT molecular complexity index is 723. The second-order valence-corrected chi connectivity index (χ2v) is 6.75. The van der Waals surface area contributed by atoms with Crippen molar-refractivity contribution < 1.29 is 19.0 Å². The molecule has 0 atom stereocenters. The van der Waals surface area contributed by atoms with E-state index in [0.29, 0.717) is 29.4 Å². The predicted molar refractivity (Wildman–Crippen MR) is 106 cm³/mol. The zero-order valence-corrected chi connectivity index (χ0v) is 16.4. The van der Waals surface area contributed by atoms with Gasteiger partial charge in [0.15, 0.2) is 11.5 Å². The fourth-order valence-corrected chi connectivity index (χ4v) is 3.44. The van der Waals surface area contributed by atoms with E-state index in [2.05, 4.69) is 30.4 Å². The number of ether oxygens (including phenoxy) is 3. The Hall–Kier alpha value is -2.34. The summed E-state index contributed by atoms with van der Waals surface area (Å²) < 4.78 is 15.8. The number of carbonyl (C=O) groups is 1. The number of hydrogen-bond donors (Lipinski definition) is 1. The molecular formula is C20H25NO4S. The first-order valence-electron chi connectivity index (χ1n) is 8.31. The minimum atomic E-state index is -0.166. The van der Waals surface area contributed by atoms with Gasteiger partial charge in [0.2, 0.25) is 5.75 Å². The first-order chi connectivity index (χ1) is 12.6. The van der Waals surface area contributed by atoms with Gasteiger partial charge in [0.1, 0.15) is 0 Å². The van der Waals surface area contributed by atoms with Gasteiger partial charge in [-0.05, 0) is 30.2 Å². The molecule has 140 valence electrons. The average Bonchev–Trinajstić information content (AvgIpc) is 2.67. The molecule has 0 aliphatic rings. The number of nitrogens with one attached hydrogen (secondary N) is 1. The molecule has 2 aromatic carbocycles. The maximum atomic E-state index is 12.4. The topological polar surface area (TPSA) is 56.8 Å². The molecule has 0 fully saturated rings. The van der Waals surface area contributed by atoms with Crippen LogP contribution >= 0.6 is 11.8 Å². The summed E-state index contributed by atoms with van der Waals surface area (Å²) in [6.07, 6.45) is 0. The lowest BCUT2D eigenvalue weighted by Crippen LogP contribution is -2.25. The fraction of sp³-hybridized carbons (Fsp3) is 0.350. The monoisotopic (exact) mass is 375 g/mol. The van der Waals surface area contributed by atoms with Crippen molar-refractivity contribution in [2.24, 2.45) is 0 Å². The van der Waals surface area contributed by atoms with Crippen LogP contribution in [0.1, 0.15) is 21.5 Å². The molecule has 2 rings (SSSR count). The van der Waals surface area contributed by atoms with Gasteiger partial charge in [-0.2, -0.15) is 11.8 Å². The van der Waals surface area contributed by atoms with Crippen LogP contribution in [0.4, 0.5) is 0 Å². The van der Waals surface area contributed by atoms with Gasteiger partial charge in [0.05, 0.1) is 21.3 Å². The van der Waals surface area contributed by atoms with Crippen LogP contribution in [0, 0.1) is 6.92 Å². The standard InChI is InChI=1S/C20H25NO4S/c1-14-7-5-6-8-15(14)13-26-10-9-21-20(22)16-11-17(23-2)19(25-4)18(12-16)24-3/h5-8,11-12H,9-10,13H2,1-4H3,(H,21,22). The van der Waals surface area contributed by atoms with Gasteiger partial charge < -0.3 is 19.5 Å². The molecule has 26 heavy (non-hydrogen) atoms. The van der Waals surface area contributed by atoms with E-state index in [4.69, 9.17) is 14.2 Å². The molecule has 0 saturated heterocycles. The summed E-state index contributed by atoms with van der Waals surface area (Å²) in [6.45, 7) is 2.70. The van der Waals surface area contributed by atoms with Crippen molar-refractivity contribution in [3.05, 3.63) is 53.1 Å². The third kappa shape index (κ3) is 5.08. The molecule has 1 amide bonds. The number of thioether (sulfide) groups is 1. The van der Waals surface area contributed by atoms with Gasteiger partial charge in [0.25, 0.3) is 5.91 Å². The van der Waals surface area contributed by atoms with Crippen LogP contribution in [0.25, 0.3) is 0 Å². The number of rotatable bonds is 9. The van der Waals surface area contributed by atoms with Crippen LogP contribution in [0.5, 0.6) is 17.2 Å². The molecule has 0 spiro atoms. The van der Waals surface area contributed by atoms with Crippen molar-refractivity contribution in [3.63, 3.8) is 0 Å². The molecule has 0 bridgehead atoms. The Morgan fingerprint density at radius 2 is 1.69 bits per heavy atom. The summed E-state index contributed by atoms with van der Waals surface area (Å²) in [7, 11) is 4.59. The van der Waals surface area contributed by atoms with Crippen LogP contribution in [-0.2, 0) is 5.75 Å². The second-order valence-electron chi connectivity index (χ2n) is 5.65. The van der Waals surface area contributed by atoms with E-state index in [1.54, 1.807) is 23.9 Å². The lowest BCUT2D eigenvalue weighted by molar-refractivity contribution is 0.0955. The van der Waals surface area contributed by atoms with Gasteiger partial charge in [0, 0.05) is 23.6 Å². The number of benzene rings is 2. The number of aryl methyl sites for hydroxylation is 1. The molecule has 2 aromatic rings. The maximum absolute atomic E-state index is 12.4.